The Hall–Kier alpha value is -0.710. The molecule has 2 aromatic heterocycles. The molecule has 102 valence electrons. The number of thiophene rings is 1. The van der Waals surface area contributed by atoms with Crippen molar-refractivity contribution in [3.05, 3.63) is 45.5 Å². The summed E-state index contributed by atoms with van der Waals surface area (Å²) in [5, 5.41) is 3.64. The average Bonchev–Trinajstić information content (AvgIpc) is 3.08. The first-order chi connectivity index (χ1) is 9.38. The lowest BCUT2D eigenvalue weighted by Gasteiger charge is -2.15. The lowest BCUT2D eigenvalue weighted by molar-refractivity contribution is 0.550. The zero-order chi connectivity index (χ0) is 13.1. The number of hydrogen-bond acceptors (Lipinski definition) is 4. The van der Waals surface area contributed by atoms with Crippen LogP contribution in [0.1, 0.15) is 40.3 Å². The van der Waals surface area contributed by atoms with E-state index in [0.717, 1.165) is 13.0 Å². The first-order valence-corrected chi connectivity index (χ1v) is 8.80. The van der Waals surface area contributed by atoms with Gasteiger partial charge in [-0.25, -0.2) is 0 Å². The summed E-state index contributed by atoms with van der Waals surface area (Å²) < 4.78 is 5.26. The van der Waals surface area contributed by atoms with Crippen LogP contribution in [0.15, 0.2) is 29.1 Å². The van der Waals surface area contributed by atoms with Gasteiger partial charge in [-0.05, 0) is 42.8 Å². The highest BCUT2D eigenvalue weighted by molar-refractivity contribution is 7.98. The molecule has 1 aliphatic rings. The topological polar surface area (TPSA) is 25.2 Å². The molecule has 0 spiro atoms. The highest BCUT2D eigenvalue weighted by Gasteiger charge is 2.21. The van der Waals surface area contributed by atoms with Gasteiger partial charge in [0.25, 0.3) is 0 Å². The Balaban J connectivity index is 1.88. The van der Waals surface area contributed by atoms with Gasteiger partial charge in [-0.3, -0.25) is 0 Å². The van der Waals surface area contributed by atoms with Crippen LogP contribution in [0.2, 0.25) is 0 Å². The normalized spacial score (nSPS) is 16.3. The van der Waals surface area contributed by atoms with E-state index >= 15 is 0 Å². The predicted octanol–water partition coefficient (Wildman–Crippen LogP) is 4.22. The van der Waals surface area contributed by atoms with Crippen LogP contribution in [-0.2, 0) is 12.2 Å². The van der Waals surface area contributed by atoms with Crippen LogP contribution >= 0.6 is 23.1 Å². The van der Waals surface area contributed by atoms with Crippen LogP contribution in [0.3, 0.4) is 0 Å². The summed E-state index contributed by atoms with van der Waals surface area (Å²) >= 11 is 4.02. The van der Waals surface area contributed by atoms with E-state index in [2.05, 4.69) is 24.4 Å². The minimum atomic E-state index is 0.291. The van der Waals surface area contributed by atoms with Gasteiger partial charge in [-0.15, -0.1) is 11.3 Å². The number of rotatable bonds is 5. The first-order valence-electron chi connectivity index (χ1n) is 6.83. The second-order valence-electron chi connectivity index (χ2n) is 4.84. The van der Waals surface area contributed by atoms with Crippen molar-refractivity contribution in [1.82, 2.24) is 5.32 Å². The summed E-state index contributed by atoms with van der Waals surface area (Å²) in [5.41, 5.74) is 2.78. The molecular formula is C15H19NOS2. The van der Waals surface area contributed by atoms with Gasteiger partial charge in [0.15, 0.2) is 0 Å². The quantitative estimate of drug-likeness (QED) is 0.893. The Morgan fingerprint density at radius 1 is 1.47 bits per heavy atom. The third kappa shape index (κ3) is 2.91. The fraction of sp³-hybridized carbons (Fsp3) is 0.467. The fourth-order valence-corrected chi connectivity index (χ4v) is 4.90. The molecule has 1 atom stereocenters. The van der Waals surface area contributed by atoms with E-state index in [1.54, 1.807) is 16.7 Å². The fourth-order valence-electron chi connectivity index (χ4n) is 2.42. The van der Waals surface area contributed by atoms with Gasteiger partial charge in [-0.1, -0.05) is 6.92 Å². The van der Waals surface area contributed by atoms with Crippen molar-refractivity contribution in [2.24, 2.45) is 0 Å². The van der Waals surface area contributed by atoms with Crippen LogP contribution in [0.4, 0.5) is 0 Å². The molecule has 4 heteroatoms. The van der Waals surface area contributed by atoms with Crippen LogP contribution < -0.4 is 5.32 Å². The van der Waals surface area contributed by atoms with Gasteiger partial charge >= 0.3 is 0 Å². The van der Waals surface area contributed by atoms with Gasteiger partial charge in [0, 0.05) is 21.1 Å². The minimum absolute atomic E-state index is 0.291. The monoisotopic (exact) mass is 293 g/mol. The van der Waals surface area contributed by atoms with Crippen molar-refractivity contribution < 1.29 is 4.42 Å². The Morgan fingerprint density at radius 2 is 2.42 bits per heavy atom. The van der Waals surface area contributed by atoms with E-state index in [-0.39, 0.29) is 0 Å². The molecule has 3 rings (SSSR count). The lowest BCUT2D eigenvalue weighted by atomic mass is 10.1. The van der Waals surface area contributed by atoms with E-state index < -0.39 is 0 Å². The van der Waals surface area contributed by atoms with E-state index in [9.17, 15) is 0 Å². The van der Waals surface area contributed by atoms with Crippen LogP contribution in [-0.4, -0.2) is 12.3 Å². The zero-order valence-corrected chi connectivity index (χ0v) is 12.8. The minimum Gasteiger partial charge on any atom is -0.472 e. The molecule has 1 aliphatic heterocycles. The first kappa shape index (κ1) is 13.3. The summed E-state index contributed by atoms with van der Waals surface area (Å²) in [5.74, 6) is 2.45. The van der Waals surface area contributed by atoms with E-state index in [1.807, 2.05) is 29.4 Å². The molecule has 0 bridgehead atoms. The van der Waals surface area contributed by atoms with Crippen molar-refractivity contribution in [2.45, 2.75) is 31.6 Å². The van der Waals surface area contributed by atoms with E-state index in [1.165, 1.54) is 28.4 Å². The van der Waals surface area contributed by atoms with Crippen LogP contribution in [0, 0.1) is 0 Å². The van der Waals surface area contributed by atoms with E-state index in [0.29, 0.717) is 6.04 Å². The number of thioether (sulfide) groups is 1. The molecule has 1 N–H and O–H groups in total. The second-order valence-corrected chi connectivity index (χ2v) is 7.12. The number of furan rings is 1. The molecule has 1 unspecified atom stereocenters. The average molecular weight is 293 g/mol. The molecule has 3 heterocycles. The maximum Gasteiger partial charge on any atom is 0.0954 e. The van der Waals surface area contributed by atoms with Crippen molar-refractivity contribution in [2.75, 3.05) is 12.3 Å². The van der Waals surface area contributed by atoms with Gasteiger partial charge in [0.2, 0.25) is 0 Å². The molecule has 19 heavy (non-hydrogen) atoms. The molecule has 0 aromatic carbocycles. The Labute approximate surface area is 122 Å². The van der Waals surface area contributed by atoms with Crippen molar-refractivity contribution in [1.29, 1.82) is 0 Å². The van der Waals surface area contributed by atoms with Crippen LogP contribution in [0.5, 0.6) is 0 Å². The number of nitrogens with one attached hydrogen (secondary N) is 1. The molecular weight excluding hydrogens is 274 g/mol. The largest absolute Gasteiger partial charge is 0.472 e. The van der Waals surface area contributed by atoms with E-state index in [4.69, 9.17) is 4.42 Å². The van der Waals surface area contributed by atoms with Crippen molar-refractivity contribution in [3.63, 3.8) is 0 Å². The van der Waals surface area contributed by atoms with Gasteiger partial charge in [0.1, 0.15) is 0 Å². The second kappa shape index (κ2) is 6.16. The molecule has 0 fully saturated rings. The summed E-state index contributed by atoms with van der Waals surface area (Å²) in [4.78, 5) is 3.02. The number of fused-ring (bicyclic) bond motifs is 1. The van der Waals surface area contributed by atoms with Crippen LogP contribution in [0.25, 0.3) is 0 Å². The Morgan fingerprint density at radius 3 is 3.16 bits per heavy atom. The Kier molecular flexibility index (Phi) is 4.31. The molecule has 2 nitrogen and oxygen atoms in total. The maximum absolute atomic E-state index is 5.26. The third-order valence-electron chi connectivity index (χ3n) is 3.41. The number of aryl methyl sites for hydroxylation is 1. The molecule has 0 saturated heterocycles. The predicted molar refractivity (Wildman–Crippen MR) is 83.0 cm³/mol. The SMILES string of the molecule is CCCNC(c1ccoc1)c1cc2c(s1)CCSC2. The number of hydrogen-bond donors (Lipinski definition) is 1. The molecule has 0 aliphatic carbocycles. The highest BCUT2D eigenvalue weighted by atomic mass is 32.2. The third-order valence-corrected chi connectivity index (χ3v) is 5.72. The Bertz CT molecular complexity index is 495. The molecule has 0 amide bonds. The highest BCUT2D eigenvalue weighted by Crippen LogP contribution is 2.36. The van der Waals surface area contributed by atoms with Gasteiger partial charge < -0.3 is 9.73 Å². The lowest BCUT2D eigenvalue weighted by Crippen LogP contribution is -2.21. The molecule has 0 saturated carbocycles. The van der Waals surface area contributed by atoms with Gasteiger partial charge in [-0.2, -0.15) is 11.8 Å². The summed E-state index contributed by atoms with van der Waals surface area (Å²) in [6.45, 7) is 3.24. The molecule has 2 aromatic rings. The summed E-state index contributed by atoms with van der Waals surface area (Å²) in [7, 11) is 0. The smallest absolute Gasteiger partial charge is 0.0954 e. The van der Waals surface area contributed by atoms with Crippen molar-refractivity contribution >= 4 is 23.1 Å². The zero-order valence-electron chi connectivity index (χ0n) is 11.1. The van der Waals surface area contributed by atoms with Gasteiger partial charge in [0.05, 0.1) is 18.6 Å². The van der Waals surface area contributed by atoms with Crippen molar-refractivity contribution in [3.8, 4) is 0 Å². The standard InChI is InChI=1S/C15H19NOS2/c1-2-5-16-15(11-3-6-17-9-11)14-8-12-10-18-7-4-13(12)19-14/h3,6,8-9,15-16H,2,4-5,7,10H2,1H3. The maximum atomic E-state index is 5.26. The molecule has 0 radical (unpaired) electrons. The summed E-state index contributed by atoms with van der Waals surface area (Å²) in [6.07, 6.45) is 6.01. The summed E-state index contributed by atoms with van der Waals surface area (Å²) in [6, 6.07) is 4.76.